The lowest BCUT2D eigenvalue weighted by Crippen LogP contribution is -2.28. The van der Waals surface area contributed by atoms with Crippen molar-refractivity contribution in [3.8, 4) is 5.75 Å². The van der Waals surface area contributed by atoms with E-state index in [2.05, 4.69) is 0 Å². The summed E-state index contributed by atoms with van der Waals surface area (Å²) in [6.45, 7) is 4.37. The summed E-state index contributed by atoms with van der Waals surface area (Å²) in [5.74, 6) is 0.968. The fraction of sp³-hybridized carbons (Fsp3) is 0.533. The summed E-state index contributed by atoms with van der Waals surface area (Å²) in [5.41, 5.74) is 1.09. The second-order valence-corrected chi connectivity index (χ2v) is 5.23. The van der Waals surface area contributed by atoms with Crippen LogP contribution in [0.3, 0.4) is 0 Å². The molecule has 0 amide bonds. The third kappa shape index (κ3) is 2.72. The van der Waals surface area contributed by atoms with Crippen LogP contribution in [0.5, 0.6) is 5.75 Å². The molecule has 0 radical (unpaired) electrons. The van der Waals surface area contributed by atoms with Gasteiger partial charge in [-0.25, -0.2) is 0 Å². The number of carbonyl (C=O) groups is 1. The summed E-state index contributed by atoms with van der Waals surface area (Å²) in [6, 6.07) is 7.84. The van der Waals surface area contributed by atoms with Gasteiger partial charge in [0.05, 0.1) is 6.61 Å². The van der Waals surface area contributed by atoms with Gasteiger partial charge in [0, 0.05) is 6.42 Å². The van der Waals surface area contributed by atoms with Gasteiger partial charge in [0.15, 0.2) is 5.78 Å². The molecule has 0 aliphatic carbocycles. The van der Waals surface area contributed by atoms with Crippen LogP contribution in [0.2, 0.25) is 0 Å². The van der Waals surface area contributed by atoms with E-state index in [1.54, 1.807) is 0 Å². The van der Waals surface area contributed by atoms with E-state index >= 15 is 0 Å². The van der Waals surface area contributed by atoms with Crippen molar-refractivity contribution in [2.45, 2.75) is 38.7 Å². The first kappa shape index (κ1) is 13.1. The van der Waals surface area contributed by atoms with E-state index in [-0.39, 0.29) is 17.6 Å². The Kier molecular flexibility index (Phi) is 4.02. The molecule has 0 saturated heterocycles. The van der Waals surface area contributed by atoms with E-state index in [9.17, 15) is 9.90 Å². The highest BCUT2D eigenvalue weighted by atomic mass is 16.5. The third-order valence-electron chi connectivity index (χ3n) is 3.49. The molecule has 0 spiro atoms. The molecule has 1 heterocycles. The van der Waals surface area contributed by atoms with Crippen LogP contribution in [0.25, 0.3) is 0 Å². The molecule has 18 heavy (non-hydrogen) atoms. The van der Waals surface area contributed by atoms with Gasteiger partial charge in [-0.1, -0.05) is 32.0 Å². The second kappa shape index (κ2) is 5.53. The van der Waals surface area contributed by atoms with Crippen LogP contribution in [-0.4, -0.2) is 23.6 Å². The largest absolute Gasteiger partial charge is 0.493 e. The first-order chi connectivity index (χ1) is 8.59. The molecule has 2 unspecified atom stereocenters. The smallest absolute Gasteiger partial charge is 0.162 e. The Morgan fingerprint density at radius 1 is 1.44 bits per heavy atom. The molecule has 98 valence electrons. The number of ether oxygens (including phenoxy) is 1. The van der Waals surface area contributed by atoms with Crippen LogP contribution in [0, 0.1) is 5.92 Å². The second-order valence-electron chi connectivity index (χ2n) is 5.23. The molecule has 1 aliphatic rings. The van der Waals surface area contributed by atoms with E-state index in [1.165, 1.54) is 0 Å². The van der Waals surface area contributed by atoms with Crippen molar-refractivity contribution in [2.75, 3.05) is 6.61 Å². The van der Waals surface area contributed by atoms with E-state index in [0.29, 0.717) is 13.0 Å². The minimum atomic E-state index is -0.847. The van der Waals surface area contributed by atoms with Crippen molar-refractivity contribution >= 4 is 5.78 Å². The summed E-state index contributed by atoms with van der Waals surface area (Å²) in [7, 11) is 0. The number of aliphatic hydroxyl groups excluding tert-OH is 1. The normalized spacial score (nSPS) is 20.1. The van der Waals surface area contributed by atoms with Gasteiger partial charge in [-0.15, -0.1) is 0 Å². The fourth-order valence-electron chi connectivity index (χ4n) is 2.36. The SMILES string of the molecule is CC(C)C(O)C(=O)CC1CCOc2ccccc21. The maximum Gasteiger partial charge on any atom is 0.162 e. The van der Waals surface area contributed by atoms with Crippen molar-refractivity contribution in [3.05, 3.63) is 29.8 Å². The number of carbonyl (C=O) groups excluding carboxylic acids is 1. The van der Waals surface area contributed by atoms with E-state index in [1.807, 2.05) is 38.1 Å². The number of para-hydroxylation sites is 1. The Morgan fingerprint density at radius 2 is 2.17 bits per heavy atom. The molecule has 3 heteroatoms. The van der Waals surface area contributed by atoms with Crippen LogP contribution < -0.4 is 4.74 Å². The highest BCUT2D eigenvalue weighted by molar-refractivity contribution is 5.84. The zero-order valence-electron chi connectivity index (χ0n) is 10.9. The molecule has 1 aliphatic heterocycles. The van der Waals surface area contributed by atoms with Gasteiger partial charge in [0.1, 0.15) is 11.9 Å². The summed E-state index contributed by atoms with van der Waals surface area (Å²) in [6.07, 6.45) is 0.396. The van der Waals surface area contributed by atoms with Crippen LogP contribution in [0.15, 0.2) is 24.3 Å². The highest BCUT2D eigenvalue weighted by Crippen LogP contribution is 2.35. The van der Waals surface area contributed by atoms with E-state index in [0.717, 1.165) is 17.7 Å². The number of aliphatic hydroxyl groups is 1. The molecule has 0 aromatic heterocycles. The number of hydrogen-bond acceptors (Lipinski definition) is 3. The number of fused-ring (bicyclic) bond motifs is 1. The molecule has 3 nitrogen and oxygen atoms in total. The standard InChI is InChI=1S/C15H20O3/c1-10(2)15(17)13(16)9-11-7-8-18-14-6-4-3-5-12(11)14/h3-6,10-11,15,17H,7-9H2,1-2H3. The van der Waals surface area contributed by atoms with Crippen molar-refractivity contribution in [2.24, 2.45) is 5.92 Å². The van der Waals surface area contributed by atoms with E-state index in [4.69, 9.17) is 4.74 Å². The average molecular weight is 248 g/mol. The topological polar surface area (TPSA) is 46.5 Å². The quantitative estimate of drug-likeness (QED) is 0.890. The number of ketones is 1. The summed E-state index contributed by atoms with van der Waals surface area (Å²) < 4.78 is 5.57. The van der Waals surface area contributed by atoms with Gasteiger partial charge in [-0.3, -0.25) is 4.79 Å². The van der Waals surface area contributed by atoms with Crippen molar-refractivity contribution < 1.29 is 14.6 Å². The molecule has 2 atom stereocenters. The van der Waals surface area contributed by atoms with Crippen LogP contribution in [0.4, 0.5) is 0 Å². The Balaban J connectivity index is 2.10. The minimum absolute atomic E-state index is 0.0208. The molecule has 0 fully saturated rings. The molecule has 0 saturated carbocycles. The fourth-order valence-corrected chi connectivity index (χ4v) is 2.36. The van der Waals surface area contributed by atoms with Crippen molar-refractivity contribution in [1.29, 1.82) is 0 Å². The summed E-state index contributed by atoms with van der Waals surface area (Å²) >= 11 is 0. The molecule has 0 bridgehead atoms. The van der Waals surface area contributed by atoms with Crippen LogP contribution >= 0.6 is 0 Å². The molecular weight excluding hydrogens is 228 g/mol. The highest BCUT2D eigenvalue weighted by Gasteiger charge is 2.27. The average Bonchev–Trinajstić information content (AvgIpc) is 2.38. The van der Waals surface area contributed by atoms with Crippen LogP contribution in [-0.2, 0) is 4.79 Å². The Labute approximate surface area is 108 Å². The van der Waals surface area contributed by atoms with Gasteiger partial charge < -0.3 is 9.84 Å². The molecule has 1 N–H and O–H groups in total. The zero-order valence-corrected chi connectivity index (χ0v) is 10.9. The molecule has 1 aromatic rings. The van der Waals surface area contributed by atoms with Gasteiger partial charge in [0.2, 0.25) is 0 Å². The Hall–Kier alpha value is -1.35. The van der Waals surface area contributed by atoms with Gasteiger partial charge in [-0.2, -0.15) is 0 Å². The monoisotopic (exact) mass is 248 g/mol. The number of hydrogen-bond donors (Lipinski definition) is 1. The maximum atomic E-state index is 12.0. The zero-order chi connectivity index (χ0) is 13.1. The lowest BCUT2D eigenvalue weighted by Gasteiger charge is -2.26. The third-order valence-corrected chi connectivity index (χ3v) is 3.49. The van der Waals surface area contributed by atoms with E-state index < -0.39 is 6.10 Å². The first-order valence-corrected chi connectivity index (χ1v) is 6.52. The van der Waals surface area contributed by atoms with Crippen LogP contribution in [0.1, 0.15) is 38.2 Å². The lowest BCUT2D eigenvalue weighted by molar-refractivity contribution is -0.129. The van der Waals surface area contributed by atoms with Gasteiger partial charge in [0.25, 0.3) is 0 Å². The number of rotatable bonds is 4. The van der Waals surface area contributed by atoms with Gasteiger partial charge >= 0.3 is 0 Å². The number of Topliss-reactive ketones (excluding diaryl/α,β-unsaturated/α-hetero) is 1. The lowest BCUT2D eigenvalue weighted by atomic mass is 9.86. The molecule has 2 rings (SSSR count). The Morgan fingerprint density at radius 3 is 2.89 bits per heavy atom. The van der Waals surface area contributed by atoms with Gasteiger partial charge in [-0.05, 0) is 29.9 Å². The number of benzene rings is 1. The minimum Gasteiger partial charge on any atom is -0.493 e. The maximum absolute atomic E-state index is 12.0. The Bertz CT molecular complexity index is 426. The summed E-state index contributed by atoms with van der Waals surface area (Å²) in [5, 5.41) is 9.79. The first-order valence-electron chi connectivity index (χ1n) is 6.52. The predicted octanol–water partition coefficient (Wildman–Crippen LogP) is 2.53. The predicted molar refractivity (Wildman–Crippen MR) is 69.8 cm³/mol. The van der Waals surface area contributed by atoms with Crippen molar-refractivity contribution in [3.63, 3.8) is 0 Å². The molecule has 1 aromatic carbocycles. The van der Waals surface area contributed by atoms with Crippen molar-refractivity contribution in [1.82, 2.24) is 0 Å². The summed E-state index contributed by atoms with van der Waals surface area (Å²) in [4.78, 5) is 12.0. The molecular formula is C15H20O3.